The van der Waals surface area contributed by atoms with E-state index in [1.54, 1.807) is 0 Å². The molecule has 0 saturated heterocycles. The normalized spacial score (nSPS) is 30.4. The third-order valence-corrected chi connectivity index (χ3v) is 5.00. The maximum atomic E-state index is 11.8. The van der Waals surface area contributed by atoms with Gasteiger partial charge in [0.1, 0.15) is 5.60 Å². The molecule has 1 amide bonds. The molecule has 4 nitrogen and oxygen atoms in total. The minimum absolute atomic E-state index is 0.269. The molecule has 1 atom stereocenters. The number of rotatable bonds is 3. The fraction of sp³-hybridized carbons (Fsp3) is 0.938. The van der Waals surface area contributed by atoms with Crippen LogP contribution in [0.5, 0.6) is 0 Å². The molecule has 4 heteroatoms. The van der Waals surface area contributed by atoms with Crippen LogP contribution < -0.4 is 11.1 Å². The fourth-order valence-corrected chi connectivity index (χ4v) is 3.67. The van der Waals surface area contributed by atoms with Crippen molar-refractivity contribution in [1.82, 2.24) is 5.32 Å². The van der Waals surface area contributed by atoms with E-state index in [4.69, 9.17) is 10.5 Å². The van der Waals surface area contributed by atoms with Crippen LogP contribution in [0.2, 0.25) is 0 Å². The van der Waals surface area contributed by atoms with E-state index < -0.39 is 5.60 Å². The summed E-state index contributed by atoms with van der Waals surface area (Å²) < 4.78 is 5.32. The van der Waals surface area contributed by atoms with Gasteiger partial charge in [0, 0.05) is 12.1 Å². The molecule has 0 spiro atoms. The second kappa shape index (κ2) is 5.55. The molecule has 0 radical (unpaired) electrons. The van der Waals surface area contributed by atoms with Crippen LogP contribution in [0, 0.1) is 11.3 Å². The van der Waals surface area contributed by atoms with E-state index in [-0.39, 0.29) is 12.1 Å². The van der Waals surface area contributed by atoms with Crippen molar-refractivity contribution in [3.63, 3.8) is 0 Å². The zero-order valence-electron chi connectivity index (χ0n) is 13.4. The van der Waals surface area contributed by atoms with Gasteiger partial charge >= 0.3 is 6.09 Å². The highest BCUT2D eigenvalue weighted by atomic mass is 16.6. The smallest absolute Gasteiger partial charge is 0.407 e. The van der Waals surface area contributed by atoms with Gasteiger partial charge in [-0.15, -0.1) is 0 Å². The summed E-state index contributed by atoms with van der Waals surface area (Å²) in [5.74, 6) is 0.749. The van der Waals surface area contributed by atoms with Crippen molar-refractivity contribution in [3.05, 3.63) is 0 Å². The van der Waals surface area contributed by atoms with Crippen LogP contribution in [0.1, 0.15) is 66.2 Å². The molecule has 0 aromatic heterocycles. The highest BCUT2D eigenvalue weighted by Gasteiger charge is 2.52. The van der Waals surface area contributed by atoms with Crippen LogP contribution >= 0.6 is 0 Å². The van der Waals surface area contributed by atoms with Crippen LogP contribution in [-0.4, -0.2) is 23.8 Å². The van der Waals surface area contributed by atoms with E-state index in [1.165, 1.54) is 25.7 Å². The largest absolute Gasteiger partial charge is 0.444 e. The molecule has 0 aliphatic heterocycles. The lowest BCUT2D eigenvalue weighted by atomic mass is 9.73. The summed E-state index contributed by atoms with van der Waals surface area (Å²) in [6, 6.07) is 0.577. The summed E-state index contributed by atoms with van der Waals surface area (Å²) in [6.07, 6.45) is 6.77. The first-order valence-electron chi connectivity index (χ1n) is 7.98. The van der Waals surface area contributed by atoms with E-state index in [1.807, 2.05) is 20.8 Å². The molecule has 3 N–H and O–H groups in total. The molecule has 0 aromatic carbocycles. The number of hydrogen-bond acceptors (Lipinski definition) is 3. The standard InChI is InChI=1S/C16H30N2O2/c1-11(17)16(9-10-16)12-5-7-13(8-6-12)18-14(19)20-15(2,3)4/h11-13H,5-10,17H2,1-4H3,(H,18,19). The van der Waals surface area contributed by atoms with E-state index in [2.05, 4.69) is 12.2 Å². The molecule has 116 valence electrons. The lowest BCUT2D eigenvalue weighted by Crippen LogP contribution is -2.43. The molecule has 0 aromatic rings. The Morgan fingerprint density at radius 3 is 2.20 bits per heavy atom. The van der Waals surface area contributed by atoms with E-state index in [9.17, 15) is 4.79 Å². The molecule has 2 fully saturated rings. The Morgan fingerprint density at radius 1 is 1.25 bits per heavy atom. The van der Waals surface area contributed by atoms with E-state index in [0.29, 0.717) is 11.5 Å². The van der Waals surface area contributed by atoms with Gasteiger partial charge in [0.15, 0.2) is 0 Å². The summed E-state index contributed by atoms with van der Waals surface area (Å²) >= 11 is 0. The number of ether oxygens (including phenoxy) is 1. The van der Waals surface area contributed by atoms with Gasteiger partial charge in [-0.1, -0.05) is 0 Å². The zero-order valence-corrected chi connectivity index (χ0v) is 13.4. The monoisotopic (exact) mass is 282 g/mol. The number of hydrogen-bond donors (Lipinski definition) is 2. The van der Waals surface area contributed by atoms with Crippen molar-refractivity contribution >= 4 is 6.09 Å². The fourth-order valence-electron chi connectivity index (χ4n) is 3.67. The van der Waals surface area contributed by atoms with Gasteiger partial charge in [0.2, 0.25) is 0 Å². The zero-order chi connectivity index (χ0) is 15.0. The van der Waals surface area contributed by atoms with Crippen molar-refractivity contribution in [2.75, 3.05) is 0 Å². The van der Waals surface area contributed by atoms with Crippen molar-refractivity contribution < 1.29 is 9.53 Å². The quantitative estimate of drug-likeness (QED) is 0.835. The molecule has 2 rings (SSSR count). The first-order valence-corrected chi connectivity index (χ1v) is 7.98. The Balaban J connectivity index is 1.76. The number of nitrogens with one attached hydrogen (secondary N) is 1. The maximum absolute atomic E-state index is 11.8. The van der Waals surface area contributed by atoms with Crippen LogP contribution in [0.4, 0.5) is 4.79 Å². The molecule has 0 bridgehead atoms. The topological polar surface area (TPSA) is 64.3 Å². The lowest BCUT2D eigenvalue weighted by Gasteiger charge is -2.36. The Hall–Kier alpha value is -0.770. The van der Waals surface area contributed by atoms with Gasteiger partial charge in [-0.05, 0) is 77.6 Å². The molecular formula is C16H30N2O2. The summed E-state index contributed by atoms with van der Waals surface area (Å²) in [7, 11) is 0. The highest BCUT2D eigenvalue weighted by Crippen LogP contribution is 2.58. The highest BCUT2D eigenvalue weighted by molar-refractivity contribution is 5.68. The first-order chi connectivity index (χ1) is 9.23. The number of nitrogens with two attached hydrogens (primary N) is 1. The SMILES string of the molecule is CC(N)C1(C2CCC(NC(=O)OC(C)(C)C)CC2)CC1. The molecular weight excluding hydrogens is 252 g/mol. The Labute approximate surface area is 122 Å². The molecule has 20 heavy (non-hydrogen) atoms. The number of carbonyl (C=O) groups excluding carboxylic acids is 1. The second-order valence-electron chi connectivity index (χ2n) is 7.72. The van der Waals surface area contributed by atoms with Crippen molar-refractivity contribution in [3.8, 4) is 0 Å². The molecule has 2 aliphatic rings. The first kappa shape index (κ1) is 15.6. The summed E-state index contributed by atoms with van der Waals surface area (Å²) in [5.41, 5.74) is 6.15. The lowest BCUT2D eigenvalue weighted by molar-refractivity contribution is 0.0478. The average Bonchev–Trinajstić information content (AvgIpc) is 3.08. The van der Waals surface area contributed by atoms with Gasteiger partial charge in [0.25, 0.3) is 0 Å². The average molecular weight is 282 g/mol. The van der Waals surface area contributed by atoms with Gasteiger partial charge in [-0.2, -0.15) is 0 Å². The minimum atomic E-state index is -0.422. The summed E-state index contributed by atoms with van der Waals surface area (Å²) in [6.45, 7) is 7.83. The van der Waals surface area contributed by atoms with Crippen LogP contribution in [0.25, 0.3) is 0 Å². The molecule has 2 saturated carbocycles. The summed E-state index contributed by atoms with van der Waals surface area (Å²) in [4.78, 5) is 11.8. The molecule has 2 aliphatic carbocycles. The predicted molar refractivity (Wildman–Crippen MR) is 80.4 cm³/mol. The molecule has 1 unspecified atom stereocenters. The van der Waals surface area contributed by atoms with Gasteiger partial charge in [0.05, 0.1) is 0 Å². The number of carbonyl (C=O) groups is 1. The number of amides is 1. The Morgan fingerprint density at radius 2 is 1.80 bits per heavy atom. The molecule has 0 heterocycles. The second-order valence-corrected chi connectivity index (χ2v) is 7.72. The van der Waals surface area contributed by atoms with Crippen LogP contribution in [-0.2, 0) is 4.74 Å². The third-order valence-electron chi connectivity index (χ3n) is 5.00. The van der Waals surface area contributed by atoms with Crippen molar-refractivity contribution in [1.29, 1.82) is 0 Å². The van der Waals surface area contributed by atoms with E-state index in [0.717, 1.165) is 18.8 Å². The van der Waals surface area contributed by atoms with Gasteiger partial charge in [-0.25, -0.2) is 4.79 Å². The Kier molecular flexibility index (Phi) is 4.33. The van der Waals surface area contributed by atoms with Crippen LogP contribution in [0.15, 0.2) is 0 Å². The van der Waals surface area contributed by atoms with Crippen molar-refractivity contribution in [2.45, 2.75) is 83.9 Å². The number of alkyl carbamates (subject to hydrolysis) is 1. The maximum Gasteiger partial charge on any atom is 0.407 e. The third kappa shape index (κ3) is 3.66. The van der Waals surface area contributed by atoms with Crippen LogP contribution in [0.3, 0.4) is 0 Å². The Bertz CT molecular complexity index is 348. The predicted octanol–water partition coefficient (Wildman–Crippen LogP) is 3.20. The van der Waals surface area contributed by atoms with Crippen molar-refractivity contribution in [2.24, 2.45) is 17.1 Å². The van der Waals surface area contributed by atoms with Gasteiger partial charge < -0.3 is 15.8 Å². The minimum Gasteiger partial charge on any atom is -0.444 e. The van der Waals surface area contributed by atoms with E-state index >= 15 is 0 Å². The summed E-state index contributed by atoms with van der Waals surface area (Å²) in [5, 5.41) is 3.00. The van der Waals surface area contributed by atoms with Gasteiger partial charge in [-0.3, -0.25) is 0 Å².